The van der Waals surface area contributed by atoms with Crippen LogP contribution in [0.2, 0.25) is 0 Å². The molecule has 1 aromatic rings. The van der Waals surface area contributed by atoms with E-state index in [0.717, 1.165) is 12.0 Å². The van der Waals surface area contributed by atoms with Gasteiger partial charge in [0.1, 0.15) is 0 Å². The molecule has 0 saturated carbocycles. The third-order valence-electron chi connectivity index (χ3n) is 2.40. The third-order valence-corrected chi connectivity index (χ3v) is 3.53. The van der Waals surface area contributed by atoms with Crippen molar-refractivity contribution >= 4 is 17.7 Å². The largest absolute Gasteiger partial charge is 0.465 e. The smallest absolute Gasteiger partial charge is 0.338 e. The lowest BCUT2D eigenvalue weighted by atomic mass is 10.0. The fourth-order valence-electron chi connectivity index (χ4n) is 1.66. The average Bonchev–Trinajstić information content (AvgIpc) is 2.81. The zero-order chi connectivity index (χ0) is 10.7. The number of hydrogen-bond acceptors (Lipinski definition) is 3. The predicted molar refractivity (Wildman–Crippen MR) is 61.9 cm³/mol. The van der Waals surface area contributed by atoms with Gasteiger partial charge < -0.3 is 4.74 Å². The molecule has 0 spiro atoms. The van der Waals surface area contributed by atoms with E-state index in [0.29, 0.717) is 10.8 Å². The minimum Gasteiger partial charge on any atom is -0.465 e. The Morgan fingerprint density at radius 2 is 2.27 bits per heavy atom. The molecule has 0 fully saturated rings. The van der Waals surface area contributed by atoms with Gasteiger partial charge in [-0.05, 0) is 23.5 Å². The van der Waals surface area contributed by atoms with E-state index in [4.69, 9.17) is 4.74 Å². The number of rotatable bonds is 2. The molecule has 1 unspecified atom stereocenters. The molecule has 15 heavy (non-hydrogen) atoms. The Morgan fingerprint density at radius 1 is 1.47 bits per heavy atom. The molecule has 1 heterocycles. The van der Waals surface area contributed by atoms with Crippen LogP contribution >= 0.6 is 11.8 Å². The van der Waals surface area contributed by atoms with Crippen molar-refractivity contribution in [1.29, 1.82) is 0 Å². The van der Waals surface area contributed by atoms with Crippen LogP contribution in [0.4, 0.5) is 0 Å². The molecule has 0 radical (unpaired) electrons. The Balaban J connectivity index is 2.33. The summed E-state index contributed by atoms with van der Waals surface area (Å²) in [5, 5.41) is 2.44. The van der Waals surface area contributed by atoms with Gasteiger partial charge in [-0.1, -0.05) is 24.3 Å². The standard InChI is InChI=1S/C12H12O2S/c1-14-12(13)10-6-3-2-5-9(10)11-7-4-8-15-11/h2-6,8,11H,7H2,1H3. The molecule has 0 bridgehead atoms. The summed E-state index contributed by atoms with van der Waals surface area (Å²) in [6.45, 7) is 0. The van der Waals surface area contributed by atoms with Gasteiger partial charge in [-0.15, -0.1) is 11.8 Å². The second kappa shape index (κ2) is 4.53. The van der Waals surface area contributed by atoms with Crippen molar-refractivity contribution < 1.29 is 9.53 Å². The predicted octanol–water partition coefficient (Wildman–Crippen LogP) is 3.16. The molecular formula is C12H12O2S. The van der Waals surface area contributed by atoms with E-state index in [1.54, 1.807) is 11.8 Å². The van der Waals surface area contributed by atoms with Gasteiger partial charge in [-0.3, -0.25) is 0 Å². The van der Waals surface area contributed by atoms with Gasteiger partial charge in [0.25, 0.3) is 0 Å². The lowest BCUT2D eigenvalue weighted by Crippen LogP contribution is -2.06. The molecule has 0 N–H and O–H groups in total. The maximum atomic E-state index is 11.5. The van der Waals surface area contributed by atoms with Crippen molar-refractivity contribution in [3.8, 4) is 0 Å². The van der Waals surface area contributed by atoms with E-state index in [2.05, 4.69) is 11.5 Å². The molecule has 2 rings (SSSR count). The van der Waals surface area contributed by atoms with Crippen molar-refractivity contribution in [2.24, 2.45) is 0 Å². The molecule has 1 aromatic carbocycles. The first-order chi connectivity index (χ1) is 7.33. The topological polar surface area (TPSA) is 26.3 Å². The Labute approximate surface area is 93.3 Å². The Morgan fingerprint density at radius 3 is 2.93 bits per heavy atom. The summed E-state index contributed by atoms with van der Waals surface area (Å²) in [5.74, 6) is -0.252. The third kappa shape index (κ3) is 2.07. The number of esters is 1. The molecule has 1 aliphatic heterocycles. The number of allylic oxidation sites excluding steroid dienone is 1. The highest BCUT2D eigenvalue weighted by Crippen LogP contribution is 2.39. The van der Waals surface area contributed by atoms with Crippen LogP contribution in [0.3, 0.4) is 0 Å². The summed E-state index contributed by atoms with van der Waals surface area (Å²) < 4.78 is 4.77. The van der Waals surface area contributed by atoms with Crippen LogP contribution < -0.4 is 0 Å². The van der Waals surface area contributed by atoms with Crippen molar-refractivity contribution in [2.45, 2.75) is 11.7 Å². The summed E-state index contributed by atoms with van der Waals surface area (Å²) in [7, 11) is 1.42. The maximum absolute atomic E-state index is 11.5. The maximum Gasteiger partial charge on any atom is 0.338 e. The number of hydrogen-bond donors (Lipinski definition) is 0. The average molecular weight is 220 g/mol. The SMILES string of the molecule is COC(=O)c1ccccc1C1CC=CS1. The van der Waals surface area contributed by atoms with Crippen LogP contribution in [0.5, 0.6) is 0 Å². The quantitative estimate of drug-likeness (QED) is 0.716. The first kappa shape index (κ1) is 10.3. The molecule has 1 aliphatic rings. The lowest BCUT2D eigenvalue weighted by molar-refractivity contribution is 0.0599. The minimum atomic E-state index is -0.252. The molecule has 0 aromatic heterocycles. The van der Waals surface area contributed by atoms with Gasteiger partial charge in [0.05, 0.1) is 12.7 Å². The summed E-state index contributed by atoms with van der Waals surface area (Å²) >= 11 is 1.75. The summed E-state index contributed by atoms with van der Waals surface area (Å²) in [4.78, 5) is 11.5. The van der Waals surface area contributed by atoms with Gasteiger partial charge in [0.15, 0.2) is 0 Å². The molecule has 2 nitrogen and oxygen atoms in total. The molecule has 0 amide bonds. The van der Waals surface area contributed by atoms with Crippen LogP contribution in [0, 0.1) is 0 Å². The highest BCUT2D eigenvalue weighted by atomic mass is 32.2. The fourth-order valence-corrected chi connectivity index (χ4v) is 2.65. The molecular weight excluding hydrogens is 208 g/mol. The van der Waals surface area contributed by atoms with E-state index in [1.807, 2.05) is 24.3 Å². The molecule has 3 heteroatoms. The lowest BCUT2D eigenvalue weighted by Gasteiger charge is -2.12. The molecule has 78 valence electrons. The number of benzene rings is 1. The Bertz CT molecular complexity index is 390. The normalized spacial score (nSPS) is 19.1. The van der Waals surface area contributed by atoms with Gasteiger partial charge in [-0.2, -0.15) is 0 Å². The van der Waals surface area contributed by atoms with E-state index >= 15 is 0 Å². The minimum absolute atomic E-state index is 0.252. The zero-order valence-electron chi connectivity index (χ0n) is 8.47. The highest BCUT2D eigenvalue weighted by molar-refractivity contribution is 8.02. The first-order valence-electron chi connectivity index (χ1n) is 4.80. The summed E-state index contributed by atoms with van der Waals surface area (Å²) in [6.07, 6.45) is 3.11. The Hall–Kier alpha value is -1.22. The zero-order valence-corrected chi connectivity index (χ0v) is 9.29. The summed E-state index contributed by atoms with van der Waals surface area (Å²) in [6, 6.07) is 7.64. The van der Waals surface area contributed by atoms with Crippen LogP contribution in [-0.2, 0) is 4.74 Å². The van der Waals surface area contributed by atoms with Crippen LogP contribution in [-0.4, -0.2) is 13.1 Å². The molecule has 1 atom stereocenters. The van der Waals surface area contributed by atoms with E-state index in [-0.39, 0.29) is 5.97 Å². The fraction of sp³-hybridized carbons (Fsp3) is 0.250. The van der Waals surface area contributed by atoms with E-state index in [9.17, 15) is 4.79 Å². The van der Waals surface area contributed by atoms with Crippen molar-refractivity contribution in [3.05, 3.63) is 46.9 Å². The first-order valence-corrected chi connectivity index (χ1v) is 5.75. The number of carbonyl (C=O) groups is 1. The Kier molecular flexibility index (Phi) is 3.11. The second-order valence-electron chi connectivity index (χ2n) is 3.31. The van der Waals surface area contributed by atoms with Crippen LogP contribution in [0.25, 0.3) is 0 Å². The monoisotopic (exact) mass is 220 g/mol. The molecule has 0 saturated heterocycles. The van der Waals surface area contributed by atoms with Gasteiger partial charge in [0.2, 0.25) is 0 Å². The number of methoxy groups -OCH3 is 1. The van der Waals surface area contributed by atoms with Gasteiger partial charge >= 0.3 is 5.97 Å². The van der Waals surface area contributed by atoms with Crippen molar-refractivity contribution in [2.75, 3.05) is 7.11 Å². The second-order valence-corrected chi connectivity index (χ2v) is 4.42. The number of carbonyl (C=O) groups excluding carboxylic acids is 1. The van der Waals surface area contributed by atoms with Crippen molar-refractivity contribution in [3.63, 3.8) is 0 Å². The van der Waals surface area contributed by atoms with E-state index in [1.165, 1.54) is 7.11 Å². The van der Waals surface area contributed by atoms with Gasteiger partial charge in [0, 0.05) is 5.25 Å². The van der Waals surface area contributed by atoms with Crippen LogP contribution in [0.15, 0.2) is 35.7 Å². The molecule has 0 aliphatic carbocycles. The number of thioether (sulfide) groups is 1. The van der Waals surface area contributed by atoms with Gasteiger partial charge in [-0.25, -0.2) is 4.79 Å². The summed E-state index contributed by atoms with van der Waals surface area (Å²) in [5.41, 5.74) is 1.75. The van der Waals surface area contributed by atoms with Crippen LogP contribution in [0.1, 0.15) is 27.6 Å². The van der Waals surface area contributed by atoms with E-state index < -0.39 is 0 Å². The highest BCUT2D eigenvalue weighted by Gasteiger charge is 2.20. The number of ether oxygens (including phenoxy) is 1. The van der Waals surface area contributed by atoms with Crippen molar-refractivity contribution in [1.82, 2.24) is 0 Å².